The maximum atomic E-state index is 12.1. The predicted molar refractivity (Wildman–Crippen MR) is 68.4 cm³/mol. The van der Waals surface area contributed by atoms with Crippen LogP contribution >= 0.6 is 0 Å². The van der Waals surface area contributed by atoms with Crippen molar-refractivity contribution in [1.29, 1.82) is 5.26 Å². The molecular weight excluding hydrogens is 268 g/mol. The van der Waals surface area contributed by atoms with Crippen LogP contribution in [0.15, 0.2) is 40.2 Å². The molecule has 0 bridgehead atoms. The molecule has 0 fully saturated rings. The van der Waals surface area contributed by atoms with E-state index in [1.807, 2.05) is 0 Å². The second-order valence-corrected chi connectivity index (χ2v) is 5.67. The van der Waals surface area contributed by atoms with Crippen LogP contribution in [0.3, 0.4) is 0 Å². The largest absolute Gasteiger partial charge is 0.481 e. The van der Waals surface area contributed by atoms with Crippen molar-refractivity contribution in [3.8, 4) is 6.07 Å². The van der Waals surface area contributed by atoms with Gasteiger partial charge in [0.2, 0.25) is 14.9 Å². The molecule has 100 valence electrons. The van der Waals surface area contributed by atoms with Gasteiger partial charge in [0.1, 0.15) is 6.07 Å². The monoisotopic (exact) mass is 280 g/mol. The van der Waals surface area contributed by atoms with Crippen LogP contribution < -0.4 is 0 Å². The lowest BCUT2D eigenvalue weighted by molar-refractivity contribution is -0.137. The van der Waals surface area contributed by atoms with E-state index in [1.54, 1.807) is 6.07 Å². The summed E-state index contributed by atoms with van der Waals surface area (Å²) >= 11 is 0. The first kappa shape index (κ1) is 14.9. The second-order valence-electron chi connectivity index (χ2n) is 3.81. The third kappa shape index (κ3) is 3.89. The molecule has 0 spiro atoms. The number of carboxylic acid groups (broad SMARTS) is 1. The Morgan fingerprint density at radius 1 is 1.42 bits per heavy atom. The standard InChI is InChI=1S/C12H12N2O4S/c1-9(7-12(15)16)14-11(8-13)19(17,18)10-5-3-2-4-6-10/h2-6,9H,7H2,1H3,(H,15,16). The van der Waals surface area contributed by atoms with Crippen molar-refractivity contribution in [3.63, 3.8) is 0 Å². The first-order valence-electron chi connectivity index (χ1n) is 5.37. The molecular formula is C12H12N2O4S. The number of aliphatic imine (C=N–C) groups is 1. The number of hydrogen-bond acceptors (Lipinski definition) is 5. The van der Waals surface area contributed by atoms with E-state index in [0.717, 1.165) is 0 Å². The molecule has 0 radical (unpaired) electrons. The van der Waals surface area contributed by atoms with Crippen LogP contribution in [0.25, 0.3) is 0 Å². The summed E-state index contributed by atoms with van der Waals surface area (Å²) in [5, 5.41) is 16.8. The molecule has 0 amide bonds. The molecule has 6 nitrogen and oxygen atoms in total. The molecule has 1 atom stereocenters. The molecule has 1 rings (SSSR count). The van der Waals surface area contributed by atoms with Gasteiger partial charge in [0.15, 0.2) is 0 Å². The minimum Gasteiger partial charge on any atom is -0.481 e. The van der Waals surface area contributed by atoms with Gasteiger partial charge in [0, 0.05) is 0 Å². The van der Waals surface area contributed by atoms with Crippen LogP contribution in [0.2, 0.25) is 0 Å². The van der Waals surface area contributed by atoms with Gasteiger partial charge in [0.25, 0.3) is 0 Å². The van der Waals surface area contributed by atoms with Crippen molar-refractivity contribution in [1.82, 2.24) is 0 Å². The molecule has 0 aliphatic carbocycles. The lowest BCUT2D eigenvalue weighted by Gasteiger charge is -2.05. The maximum Gasteiger partial charge on any atom is 0.305 e. The summed E-state index contributed by atoms with van der Waals surface area (Å²) in [7, 11) is -3.99. The van der Waals surface area contributed by atoms with E-state index >= 15 is 0 Å². The van der Waals surface area contributed by atoms with E-state index in [1.165, 1.54) is 37.3 Å². The molecule has 0 aromatic heterocycles. The van der Waals surface area contributed by atoms with Crippen molar-refractivity contribution in [3.05, 3.63) is 30.3 Å². The van der Waals surface area contributed by atoms with Crippen LogP contribution in [0.4, 0.5) is 0 Å². The van der Waals surface area contributed by atoms with Gasteiger partial charge in [-0.3, -0.25) is 9.79 Å². The van der Waals surface area contributed by atoms with Gasteiger partial charge < -0.3 is 5.11 Å². The third-order valence-corrected chi connectivity index (χ3v) is 3.81. The molecule has 1 N–H and O–H groups in total. The summed E-state index contributed by atoms with van der Waals surface area (Å²) < 4.78 is 24.2. The molecule has 0 aliphatic heterocycles. The number of carboxylic acids is 1. The first-order chi connectivity index (χ1) is 8.87. The first-order valence-corrected chi connectivity index (χ1v) is 6.86. The molecule has 0 aliphatic rings. The van der Waals surface area contributed by atoms with Gasteiger partial charge in [0.05, 0.1) is 17.4 Å². The quantitative estimate of drug-likeness (QED) is 0.659. The highest BCUT2D eigenvalue weighted by Crippen LogP contribution is 2.13. The smallest absolute Gasteiger partial charge is 0.305 e. The molecule has 0 saturated carbocycles. The lowest BCUT2D eigenvalue weighted by atomic mass is 10.2. The minimum absolute atomic E-state index is 0.0437. The highest BCUT2D eigenvalue weighted by atomic mass is 32.2. The van der Waals surface area contributed by atoms with Gasteiger partial charge in [-0.2, -0.15) is 5.26 Å². The molecule has 1 aromatic carbocycles. The van der Waals surface area contributed by atoms with E-state index in [0.29, 0.717) is 0 Å². The van der Waals surface area contributed by atoms with Crippen LogP contribution in [-0.4, -0.2) is 30.6 Å². The Morgan fingerprint density at radius 3 is 2.47 bits per heavy atom. The Kier molecular flexibility index (Phi) is 4.78. The Balaban J connectivity index is 3.14. The van der Waals surface area contributed by atoms with Gasteiger partial charge in [-0.15, -0.1) is 0 Å². The van der Waals surface area contributed by atoms with Crippen LogP contribution in [0, 0.1) is 11.3 Å². The van der Waals surface area contributed by atoms with Gasteiger partial charge >= 0.3 is 5.97 Å². The summed E-state index contributed by atoms with van der Waals surface area (Å²) in [5.41, 5.74) is 0. The normalized spacial score (nSPS) is 13.6. The summed E-state index contributed by atoms with van der Waals surface area (Å²) in [5.74, 6) is -1.11. The van der Waals surface area contributed by atoms with Gasteiger partial charge in [-0.05, 0) is 19.1 Å². The molecule has 1 unspecified atom stereocenters. The van der Waals surface area contributed by atoms with Crippen molar-refractivity contribution in [2.75, 3.05) is 0 Å². The Bertz CT molecular complexity index is 629. The van der Waals surface area contributed by atoms with Crippen LogP contribution in [0.1, 0.15) is 13.3 Å². The Labute approximate surface area is 110 Å². The van der Waals surface area contributed by atoms with E-state index in [-0.39, 0.29) is 11.3 Å². The Morgan fingerprint density at radius 2 is 2.00 bits per heavy atom. The zero-order valence-electron chi connectivity index (χ0n) is 10.1. The lowest BCUT2D eigenvalue weighted by Crippen LogP contribution is -2.17. The van der Waals surface area contributed by atoms with E-state index in [9.17, 15) is 13.2 Å². The fourth-order valence-electron chi connectivity index (χ4n) is 1.37. The second kappa shape index (κ2) is 6.11. The number of rotatable bonds is 4. The zero-order valence-corrected chi connectivity index (χ0v) is 11.0. The van der Waals surface area contributed by atoms with Crippen molar-refractivity contribution < 1.29 is 18.3 Å². The van der Waals surface area contributed by atoms with Crippen LogP contribution in [-0.2, 0) is 14.6 Å². The molecule has 19 heavy (non-hydrogen) atoms. The van der Waals surface area contributed by atoms with Gasteiger partial charge in [-0.1, -0.05) is 18.2 Å². The van der Waals surface area contributed by atoms with E-state index in [4.69, 9.17) is 10.4 Å². The third-order valence-electron chi connectivity index (χ3n) is 2.21. The summed E-state index contributed by atoms with van der Waals surface area (Å²) in [6.45, 7) is 1.44. The molecule has 7 heteroatoms. The van der Waals surface area contributed by atoms with Crippen LogP contribution in [0.5, 0.6) is 0 Å². The van der Waals surface area contributed by atoms with Crippen molar-refractivity contribution in [2.24, 2.45) is 4.99 Å². The number of nitrogens with zero attached hydrogens (tertiary/aromatic N) is 2. The zero-order chi connectivity index (χ0) is 14.5. The minimum atomic E-state index is -3.99. The average molecular weight is 280 g/mol. The number of sulfone groups is 1. The highest BCUT2D eigenvalue weighted by molar-refractivity contribution is 8.07. The topological polar surface area (TPSA) is 108 Å². The average Bonchev–Trinajstić information content (AvgIpc) is 2.36. The fourth-order valence-corrected chi connectivity index (χ4v) is 2.55. The number of nitriles is 1. The van der Waals surface area contributed by atoms with Gasteiger partial charge in [-0.25, -0.2) is 8.42 Å². The van der Waals surface area contributed by atoms with E-state index < -0.39 is 26.9 Å². The maximum absolute atomic E-state index is 12.1. The van der Waals surface area contributed by atoms with Crippen molar-refractivity contribution in [2.45, 2.75) is 24.3 Å². The number of benzene rings is 1. The predicted octanol–water partition coefficient (Wildman–Crippen LogP) is 1.25. The fraction of sp³-hybridized carbons (Fsp3) is 0.250. The summed E-state index contributed by atoms with van der Waals surface area (Å²) in [4.78, 5) is 14.1. The molecule has 0 saturated heterocycles. The summed E-state index contributed by atoms with van der Waals surface area (Å²) in [6.07, 6.45) is -0.338. The number of hydrogen-bond donors (Lipinski definition) is 1. The summed E-state index contributed by atoms with van der Waals surface area (Å²) in [6, 6.07) is 8.14. The van der Waals surface area contributed by atoms with E-state index in [2.05, 4.69) is 4.99 Å². The molecule has 1 aromatic rings. The number of aliphatic carboxylic acids is 1. The molecule has 0 heterocycles. The SMILES string of the molecule is CC(CC(=O)O)N=C(C#N)S(=O)(=O)c1ccccc1. The number of carbonyl (C=O) groups is 1. The van der Waals surface area contributed by atoms with Crippen molar-refractivity contribution >= 4 is 20.9 Å². The highest BCUT2D eigenvalue weighted by Gasteiger charge is 2.23. The Hall–Kier alpha value is -2.20.